The van der Waals surface area contributed by atoms with Crippen molar-refractivity contribution >= 4 is 31.9 Å². The molecule has 0 unspecified atom stereocenters. The molecule has 0 aliphatic heterocycles. The highest BCUT2D eigenvalue weighted by atomic mass is 79.9. The van der Waals surface area contributed by atoms with Crippen molar-refractivity contribution < 1.29 is 23.7 Å². The Morgan fingerprint density at radius 2 is 0.579 bits per heavy atom. The van der Waals surface area contributed by atoms with Gasteiger partial charge in [-0.05, 0) is 0 Å². The lowest BCUT2D eigenvalue weighted by Gasteiger charge is -2.07. The lowest BCUT2D eigenvalue weighted by Crippen LogP contribution is -2.13. The van der Waals surface area contributed by atoms with E-state index < -0.39 is 0 Å². The number of halogens is 2. The van der Waals surface area contributed by atoms with Crippen LogP contribution in [0.15, 0.2) is 0 Å². The SMILES string of the molecule is BrCCOCCOCCOCCOCCOCCBr. The standard InChI is InChI=1S/C12H24Br2O5/c13-1-3-15-5-7-17-9-11-19-12-10-18-8-6-16-4-2-14/h1-12H2. The van der Waals surface area contributed by atoms with Gasteiger partial charge in [0.2, 0.25) is 0 Å². The van der Waals surface area contributed by atoms with Gasteiger partial charge in [0.1, 0.15) is 0 Å². The third-order valence-corrected chi connectivity index (χ3v) is 2.58. The molecule has 5 nitrogen and oxygen atoms in total. The normalized spacial score (nSPS) is 11.1. The summed E-state index contributed by atoms with van der Waals surface area (Å²) in [4.78, 5) is 0. The number of alkyl halides is 2. The Morgan fingerprint density at radius 1 is 0.368 bits per heavy atom. The van der Waals surface area contributed by atoms with Crippen LogP contribution in [0, 0.1) is 0 Å². The molecule has 0 aromatic rings. The predicted molar refractivity (Wildman–Crippen MR) is 81.7 cm³/mol. The number of hydrogen-bond acceptors (Lipinski definition) is 5. The zero-order valence-electron chi connectivity index (χ0n) is 11.3. The third kappa shape index (κ3) is 18.8. The summed E-state index contributed by atoms with van der Waals surface area (Å²) in [7, 11) is 0. The molecule has 0 saturated heterocycles. The summed E-state index contributed by atoms with van der Waals surface area (Å²) in [5.41, 5.74) is 0. The molecular weight excluding hydrogens is 384 g/mol. The van der Waals surface area contributed by atoms with Gasteiger partial charge in [0, 0.05) is 10.7 Å². The van der Waals surface area contributed by atoms with Crippen molar-refractivity contribution in [1.29, 1.82) is 0 Å². The first-order valence-electron chi connectivity index (χ1n) is 6.42. The zero-order valence-corrected chi connectivity index (χ0v) is 14.5. The molecule has 0 saturated carbocycles. The fourth-order valence-corrected chi connectivity index (χ4v) is 1.55. The maximum atomic E-state index is 5.34. The van der Waals surface area contributed by atoms with Crippen molar-refractivity contribution in [2.24, 2.45) is 0 Å². The van der Waals surface area contributed by atoms with Crippen LogP contribution in [0.1, 0.15) is 0 Å². The van der Waals surface area contributed by atoms with Gasteiger partial charge in [-0.1, -0.05) is 31.9 Å². The third-order valence-electron chi connectivity index (χ3n) is 1.93. The van der Waals surface area contributed by atoms with E-state index in [1.807, 2.05) is 0 Å². The molecule has 0 N–H and O–H groups in total. The van der Waals surface area contributed by atoms with Crippen LogP contribution in [-0.2, 0) is 23.7 Å². The summed E-state index contributed by atoms with van der Waals surface area (Å²) in [5.74, 6) is 0. The van der Waals surface area contributed by atoms with Crippen molar-refractivity contribution in [3.8, 4) is 0 Å². The first-order chi connectivity index (χ1) is 9.41. The van der Waals surface area contributed by atoms with Gasteiger partial charge in [0.25, 0.3) is 0 Å². The van der Waals surface area contributed by atoms with E-state index >= 15 is 0 Å². The average Bonchev–Trinajstić information content (AvgIpc) is 2.43. The van der Waals surface area contributed by atoms with Crippen molar-refractivity contribution in [1.82, 2.24) is 0 Å². The Kier molecular flexibility index (Phi) is 19.5. The van der Waals surface area contributed by atoms with Crippen LogP contribution in [0.25, 0.3) is 0 Å². The van der Waals surface area contributed by atoms with Crippen LogP contribution >= 0.6 is 31.9 Å². The monoisotopic (exact) mass is 406 g/mol. The van der Waals surface area contributed by atoms with Gasteiger partial charge in [-0.2, -0.15) is 0 Å². The second-order valence-corrected chi connectivity index (χ2v) is 5.03. The Balaban J connectivity index is 2.88. The number of hydrogen-bond donors (Lipinski definition) is 0. The van der Waals surface area contributed by atoms with E-state index in [4.69, 9.17) is 23.7 Å². The summed E-state index contributed by atoms with van der Waals surface area (Å²) < 4.78 is 26.5. The Morgan fingerprint density at radius 3 is 0.789 bits per heavy atom. The number of rotatable bonds is 16. The highest BCUT2D eigenvalue weighted by Crippen LogP contribution is 1.85. The average molecular weight is 408 g/mol. The van der Waals surface area contributed by atoms with Crippen molar-refractivity contribution in [3.05, 3.63) is 0 Å². The largest absolute Gasteiger partial charge is 0.378 e. The van der Waals surface area contributed by atoms with E-state index in [0.29, 0.717) is 52.9 Å². The summed E-state index contributed by atoms with van der Waals surface area (Å²) in [6, 6.07) is 0. The van der Waals surface area contributed by atoms with Gasteiger partial charge >= 0.3 is 0 Å². The summed E-state index contributed by atoms with van der Waals surface area (Å²) >= 11 is 6.57. The highest BCUT2D eigenvalue weighted by Gasteiger charge is 1.92. The minimum absolute atomic E-state index is 0.585. The molecule has 0 fully saturated rings. The first kappa shape index (κ1) is 19.8. The molecule has 0 aliphatic rings. The van der Waals surface area contributed by atoms with Gasteiger partial charge in [0.15, 0.2) is 0 Å². The summed E-state index contributed by atoms with van der Waals surface area (Å²) in [6.45, 7) is 6.26. The lowest BCUT2D eigenvalue weighted by atomic mass is 10.7. The van der Waals surface area contributed by atoms with E-state index in [1.54, 1.807) is 0 Å². The molecular formula is C12H24Br2O5. The minimum atomic E-state index is 0.585. The molecule has 0 radical (unpaired) electrons. The Hall–Kier alpha value is 0.760. The molecule has 0 spiro atoms. The van der Waals surface area contributed by atoms with Crippen molar-refractivity contribution in [2.75, 3.05) is 76.7 Å². The zero-order chi connectivity index (χ0) is 14.0. The van der Waals surface area contributed by atoms with Gasteiger partial charge in [-0.3, -0.25) is 0 Å². The van der Waals surface area contributed by atoms with Crippen LogP contribution in [0.5, 0.6) is 0 Å². The Bertz CT molecular complexity index is 147. The van der Waals surface area contributed by atoms with Crippen LogP contribution < -0.4 is 0 Å². The summed E-state index contributed by atoms with van der Waals surface area (Å²) in [6.07, 6.45) is 0. The molecule has 0 amide bonds. The van der Waals surface area contributed by atoms with E-state index in [0.717, 1.165) is 23.9 Å². The Labute approximate surface area is 132 Å². The van der Waals surface area contributed by atoms with Crippen molar-refractivity contribution in [3.63, 3.8) is 0 Å². The predicted octanol–water partition coefficient (Wildman–Crippen LogP) is 1.86. The fraction of sp³-hybridized carbons (Fsp3) is 1.00. The fourth-order valence-electron chi connectivity index (χ4n) is 1.09. The molecule has 0 rings (SSSR count). The molecule has 0 aliphatic carbocycles. The van der Waals surface area contributed by atoms with Crippen LogP contribution in [-0.4, -0.2) is 76.7 Å². The van der Waals surface area contributed by atoms with E-state index in [-0.39, 0.29) is 0 Å². The van der Waals surface area contributed by atoms with Crippen LogP contribution in [0.4, 0.5) is 0 Å². The highest BCUT2D eigenvalue weighted by molar-refractivity contribution is 9.09. The van der Waals surface area contributed by atoms with E-state index in [2.05, 4.69) is 31.9 Å². The maximum absolute atomic E-state index is 5.34. The van der Waals surface area contributed by atoms with Gasteiger partial charge in [0.05, 0.1) is 66.1 Å². The van der Waals surface area contributed by atoms with E-state index in [1.165, 1.54) is 0 Å². The van der Waals surface area contributed by atoms with Gasteiger partial charge < -0.3 is 23.7 Å². The smallest absolute Gasteiger partial charge is 0.0701 e. The molecule has 116 valence electrons. The first-order valence-corrected chi connectivity index (χ1v) is 8.66. The van der Waals surface area contributed by atoms with Gasteiger partial charge in [-0.25, -0.2) is 0 Å². The molecule has 0 aromatic heterocycles. The molecule has 7 heteroatoms. The van der Waals surface area contributed by atoms with E-state index in [9.17, 15) is 0 Å². The molecule has 0 aromatic carbocycles. The molecule has 19 heavy (non-hydrogen) atoms. The maximum Gasteiger partial charge on any atom is 0.0701 e. The molecule has 0 heterocycles. The minimum Gasteiger partial charge on any atom is -0.378 e. The summed E-state index contributed by atoms with van der Waals surface area (Å²) in [5, 5.41) is 1.72. The number of ether oxygens (including phenoxy) is 5. The lowest BCUT2D eigenvalue weighted by molar-refractivity contribution is -0.00895. The van der Waals surface area contributed by atoms with Gasteiger partial charge in [-0.15, -0.1) is 0 Å². The molecule has 0 bridgehead atoms. The topological polar surface area (TPSA) is 46.2 Å². The van der Waals surface area contributed by atoms with Crippen LogP contribution in [0.2, 0.25) is 0 Å². The molecule has 0 atom stereocenters. The second-order valence-electron chi connectivity index (χ2n) is 3.44. The van der Waals surface area contributed by atoms with Crippen molar-refractivity contribution in [2.45, 2.75) is 0 Å². The quantitative estimate of drug-likeness (QED) is 0.288. The second kappa shape index (κ2) is 18.8. The van der Waals surface area contributed by atoms with Crippen LogP contribution in [0.3, 0.4) is 0 Å².